The average Bonchev–Trinajstić information content (AvgIpc) is 2.63. The molecule has 0 fully saturated rings. The fraction of sp³-hybridized carbons (Fsp3) is 0.200. The number of ether oxygens (including phenoxy) is 1. The molecule has 0 aliphatic heterocycles. The number of aryl methyl sites for hydroxylation is 2. The third-order valence-corrected chi connectivity index (χ3v) is 4.07. The van der Waals surface area contributed by atoms with Crippen molar-refractivity contribution in [3.8, 4) is 5.75 Å². The molecule has 3 aromatic rings. The van der Waals surface area contributed by atoms with Crippen molar-refractivity contribution in [3.05, 3.63) is 71.4 Å². The molecule has 3 rings (SSSR count). The van der Waals surface area contributed by atoms with Gasteiger partial charge in [0.25, 0.3) is 0 Å². The molecule has 2 aromatic carbocycles. The van der Waals surface area contributed by atoms with Crippen LogP contribution in [-0.4, -0.2) is 17.1 Å². The molecule has 1 heterocycles. The van der Waals surface area contributed by atoms with Crippen LogP contribution in [0.5, 0.6) is 5.75 Å². The van der Waals surface area contributed by atoms with Crippen LogP contribution < -0.4 is 15.4 Å². The van der Waals surface area contributed by atoms with E-state index < -0.39 is 0 Å². The molecule has 0 atom stereocenters. The van der Waals surface area contributed by atoms with Crippen LogP contribution in [0.2, 0.25) is 0 Å². The summed E-state index contributed by atoms with van der Waals surface area (Å²) >= 11 is 0. The van der Waals surface area contributed by atoms with E-state index in [-0.39, 0.29) is 0 Å². The number of para-hydroxylation sites is 1. The van der Waals surface area contributed by atoms with E-state index in [1.165, 1.54) is 11.1 Å². The fourth-order valence-electron chi connectivity index (χ4n) is 2.50. The number of aromatic nitrogens is 2. The van der Waals surface area contributed by atoms with E-state index in [0.29, 0.717) is 12.5 Å². The lowest BCUT2D eigenvalue weighted by molar-refractivity contribution is 0.410. The van der Waals surface area contributed by atoms with Gasteiger partial charge in [-0.15, -0.1) is 0 Å². The minimum Gasteiger partial charge on any atom is -0.496 e. The van der Waals surface area contributed by atoms with Crippen molar-refractivity contribution in [2.45, 2.75) is 20.4 Å². The average molecular weight is 334 g/mol. The molecule has 0 spiro atoms. The highest BCUT2D eigenvalue weighted by Crippen LogP contribution is 2.20. The maximum atomic E-state index is 5.37. The Balaban J connectivity index is 1.70. The van der Waals surface area contributed by atoms with Crippen LogP contribution in [0.4, 0.5) is 17.5 Å². The number of rotatable bonds is 6. The summed E-state index contributed by atoms with van der Waals surface area (Å²) in [7, 11) is 1.68. The van der Waals surface area contributed by atoms with Crippen LogP contribution in [0, 0.1) is 13.8 Å². The highest BCUT2D eigenvalue weighted by atomic mass is 16.5. The predicted octanol–water partition coefficient (Wildman–Crippen LogP) is 4.46. The minimum absolute atomic E-state index is 0.563. The Kier molecular flexibility index (Phi) is 5.14. The van der Waals surface area contributed by atoms with Gasteiger partial charge in [-0.2, -0.15) is 4.98 Å². The molecule has 0 bridgehead atoms. The molecule has 2 N–H and O–H groups in total. The maximum absolute atomic E-state index is 5.37. The number of nitrogens with zero attached hydrogens (tertiary/aromatic N) is 2. The summed E-state index contributed by atoms with van der Waals surface area (Å²) in [5.74, 6) is 2.18. The molecule has 0 saturated heterocycles. The number of hydrogen-bond donors (Lipinski definition) is 2. The topological polar surface area (TPSA) is 59.1 Å². The highest BCUT2D eigenvalue weighted by molar-refractivity contribution is 5.56. The van der Waals surface area contributed by atoms with Crippen molar-refractivity contribution in [1.82, 2.24) is 9.97 Å². The van der Waals surface area contributed by atoms with Gasteiger partial charge in [-0.3, -0.25) is 0 Å². The lowest BCUT2D eigenvalue weighted by atomic mass is 10.1. The van der Waals surface area contributed by atoms with Gasteiger partial charge >= 0.3 is 0 Å². The van der Waals surface area contributed by atoms with Gasteiger partial charge in [-0.05, 0) is 49.2 Å². The molecule has 5 nitrogen and oxygen atoms in total. The third-order valence-electron chi connectivity index (χ3n) is 4.07. The number of methoxy groups -OCH3 is 1. The first-order valence-electron chi connectivity index (χ1n) is 8.19. The van der Waals surface area contributed by atoms with Gasteiger partial charge in [-0.25, -0.2) is 4.98 Å². The molecule has 5 heteroatoms. The molecule has 128 valence electrons. The Bertz CT molecular complexity index is 864. The molecule has 1 aromatic heterocycles. The third kappa shape index (κ3) is 4.26. The molecular weight excluding hydrogens is 312 g/mol. The Morgan fingerprint density at radius 1 is 1.00 bits per heavy atom. The first-order valence-corrected chi connectivity index (χ1v) is 8.19. The number of benzene rings is 2. The van der Waals surface area contributed by atoms with Gasteiger partial charge in [0.1, 0.15) is 11.6 Å². The van der Waals surface area contributed by atoms with Crippen LogP contribution in [0.1, 0.15) is 16.7 Å². The van der Waals surface area contributed by atoms with Gasteiger partial charge in [0.15, 0.2) is 0 Å². The molecule has 0 unspecified atom stereocenters. The van der Waals surface area contributed by atoms with Crippen molar-refractivity contribution >= 4 is 17.5 Å². The van der Waals surface area contributed by atoms with E-state index in [2.05, 4.69) is 46.6 Å². The Morgan fingerprint density at radius 2 is 1.84 bits per heavy atom. The second-order valence-corrected chi connectivity index (χ2v) is 5.85. The zero-order valence-electron chi connectivity index (χ0n) is 14.7. The molecule has 0 saturated carbocycles. The first kappa shape index (κ1) is 16.8. The summed E-state index contributed by atoms with van der Waals surface area (Å²) in [5.41, 5.74) is 4.55. The van der Waals surface area contributed by atoms with Gasteiger partial charge in [0.05, 0.1) is 7.11 Å². The van der Waals surface area contributed by atoms with Crippen LogP contribution >= 0.6 is 0 Å². The van der Waals surface area contributed by atoms with Gasteiger partial charge in [0, 0.05) is 24.0 Å². The normalized spacial score (nSPS) is 10.4. The van der Waals surface area contributed by atoms with Crippen LogP contribution in [0.15, 0.2) is 54.7 Å². The predicted molar refractivity (Wildman–Crippen MR) is 102 cm³/mol. The summed E-state index contributed by atoms with van der Waals surface area (Å²) in [6.07, 6.45) is 1.74. The molecular formula is C20H22N4O. The van der Waals surface area contributed by atoms with E-state index in [0.717, 1.165) is 22.8 Å². The van der Waals surface area contributed by atoms with E-state index in [9.17, 15) is 0 Å². The molecule has 25 heavy (non-hydrogen) atoms. The second kappa shape index (κ2) is 7.66. The smallest absolute Gasteiger partial charge is 0.229 e. The monoisotopic (exact) mass is 334 g/mol. The Labute approximate surface area is 148 Å². The van der Waals surface area contributed by atoms with E-state index in [1.807, 2.05) is 36.4 Å². The van der Waals surface area contributed by atoms with Crippen molar-refractivity contribution in [2.24, 2.45) is 0 Å². The Morgan fingerprint density at radius 3 is 2.64 bits per heavy atom. The van der Waals surface area contributed by atoms with Crippen molar-refractivity contribution < 1.29 is 4.74 Å². The molecule has 0 aliphatic rings. The fourth-order valence-corrected chi connectivity index (χ4v) is 2.50. The Hall–Kier alpha value is -3.08. The van der Waals surface area contributed by atoms with E-state index >= 15 is 0 Å². The van der Waals surface area contributed by atoms with Crippen LogP contribution in [-0.2, 0) is 6.54 Å². The van der Waals surface area contributed by atoms with Crippen molar-refractivity contribution in [3.63, 3.8) is 0 Å². The van der Waals surface area contributed by atoms with Crippen molar-refractivity contribution in [1.29, 1.82) is 0 Å². The summed E-state index contributed by atoms with van der Waals surface area (Å²) in [6.45, 7) is 4.81. The van der Waals surface area contributed by atoms with Gasteiger partial charge in [-0.1, -0.05) is 24.3 Å². The largest absolute Gasteiger partial charge is 0.496 e. The van der Waals surface area contributed by atoms with E-state index in [1.54, 1.807) is 13.3 Å². The number of anilines is 3. The molecule has 0 aliphatic carbocycles. The molecule has 0 radical (unpaired) electrons. The lowest BCUT2D eigenvalue weighted by Gasteiger charge is -2.11. The summed E-state index contributed by atoms with van der Waals surface area (Å²) in [6, 6.07) is 16.0. The lowest BCUT2D eigenvalue weighted by Crippen LogP contribution is -2.05. The summed E-state index contributed by atoms with van der Waals surface area (Å²) in [4.78, 5) is 8.81. The van der Waals surface area contributed by atoms with Crippen LogP contribution in [0.25, 0.3) is 0 Å². The van der Waals surface area contributed by atoms with E-state index in [4.69, 9.17) is 4.74 Å². The zero-order chi connectivity index (χ0) is 17.6. The highest BCUT2D eigenvalue weighted by Gasteiger charge is 2.04. The number of nitrogens with one attached hydrogen (secondary N) is 2. The second-order valence-electron chi connectivity index (χ2n) is 5.85. The van der Waals surface area contributed by atoms with Crippen LogP contribution in [0.3, 0.4) is 0 Å². The number of hydrogen-bond acceptors (Lipinski definition) is 5. The summed E-state index contributed by atoms with van der Waals surface area (Å²) < 4.78 is 5.37. The van der Waals surface area contributed by atoms with Crippen molar-refractivity contribution in [2.75, 3.05) is 17.7 Å². The SMILES string of the molecule is COc1ccccc1CNc1ccnc(Nc2ccc(C)c(C)c2)n1. The van der Waals surface area contributed by atoms with Gasteiger partial charge < -0.3 is 15.4 Å². The van der Waals surface area contributed by atoms with Gasteiger partial charge in [0.2, 0.25) is 5.95 Å². The zero-order valence-corrected chi connectivity index (χ0v) is 14.7. The maximum Gasteiger partial charge on any atom is 0.229 e. The standard InChI is InChI=1S/C20H22N4O/c1-14-8-9-17(12-15(14)2)23-20-21-11-10-19(24-20)22-13-16-6-4-5-7-18(16)25-3/h4-12H,13H2,1-3H3,(H2,21,22,23,24). The first-order chi connectivity index (χ1) is 12.2. The molecule has 0 amide bonds. The minimum atomic E-state index is 0.563. The summed E-state index contributed by atoms with van der Waals surface area (Å²) in [5, 5.41) is 6.56. The quantitative estimate of drug-likeness (QED) is 0.697.